The first-order chi connectivity index (χ1) is 5.72. The van der Waals surface area contributed by atoms with Gasteiger partial charge in [-0.3, -0.25) is 0 Å². The first-order valence-corrected chi connectivity index (χ1v) is 3.83. The van der Waals surface area contributed by atoms with Gasteiger partial charge in [-0.25, -0.2) is 4.39 Å². The molecule has 0 aliphatic rings. The SMILES string of the molecule is Cl.NC(CO)Cc1ccc(F)cc1. The molecule has 0 saturated carbocycles. The van der Waals surface area contributed by atoms with Gasteiger partial charge in [-0.15, -0.1) is 12.4 Å². The van der Waals surface area contributed by atoms with Gasteiger partial charge < -0.3 is 10.8 Å². The van der Waals surface area contributed by atoms with Crippen molar-refractivity contribution in [2.75, 3.05) is 6.61 Å². The van der Waals surface area contributed by atoms with Crippen LogP contribution in [0.3, 0.4) is 0 Å². The molecule has 4 heteroatoms. The van der Waals surface area contributed by atoms with Crippen molar-refractivity contribution in [2.24, 2.45) is 5.73 Å². The van der Waals surface area contributed by atoms with Crippen LogP contribution in [0, 0.1) is 5.82 Å². The van der Waals surface area contributed by atoms with Gasteiger partial charge in [0.2, 0.25) is 0 Å². The van der Waals surface area contributed by atoms with E-state index >= 15 is 0 Å². The Kier molecular flexibility index (Phi) is 5.62. The smallest absolute Gasteiger partial charge is 0.123 e. The second kappa shape index (κ2) is 5.91. The number of rotatable bonds is 3. The van der Waals surface area contributed by atoms with Gasteiger partial charge in [0.15, 0.2) is 0 Å². The number of nitrogens with two attached hydrogens (primary N) is 1. The molecule has 0 heterocycles. The standard InChI is InChI=1S/C9H12FNO.ClH/c10-8-3-1-7(2-4-8)5-9(11)6-12;/h1-4,9,12H,5-6,11H2;1H. The fraction of sp³-hybridized carbons (Fsp3) is 0.333. The van der Waals surface area contributed by atoms with Gasteiger partial charge in [0.25, 0.3) is 0 Å². The zero-order chi connectivity index (χ0) is 8.97. The first-order valence-electron chi connectivity index (χ1n) is 3.83. The van der Waals surface area contributed by atoms with E-state index in [9.17, 15) is 4.39 Å². The van der Waals surface area contributed by atoms with Gasteiger partial charge in [-0.05, 0) is 24.1 Å². The Hall–Kier alpha value is -0.640. The molecule has 0 saturated heterocycles. The summed E-state index contributed by atoms with van der Waals surface area (Å²) in [5, 5.41) is 8.65. The topological polar surface area (TPSA) is 46.2 Å². The molecule has 0 radical (unpaired) electrons. The second-order valence-corrected chi connectivity index (χ2v) is 2.77. The Labute approximate surface area is 83.0 Å². The Balaban J connectivity index is 0.00000144. The summed E-state index contributed by atoms with van der Waals surface area (Å²) in [5.41, 5.74) is 6.44. The van der Waals surface area contributed by atoms with Crippen molar-refractivity contribution in [1.82, 2.24) is 0 Å². The lowest BCUT2D eigenvalue weighted by molar-refractivity contribution is 0.265. The van der Waals surface area contributed by atoms with Crippen molar-refractivity contribution in [3.63, 3.8) is 0 Å². The highest BCUT2D eigenvalue weighted by Gasteiger charge is 2.01. The quantitative estimate of drug-likeness (QED) is 0.777. The summed E-state index contributed by atoms with van der Waals surface area (Å²) in [4.78, 5) is 0. The van der Waals surface area contributed by atoms with Crippen LogP contribution < -0.4 is 5.73 Å². The molecule has 1 rings (SSSR count). The monoisotopic (exact) mass is 205 g/mol. The third-order valence-electron chi connectivity index (χ3n) is 1.65. The van der Waals surface area contributed by atoms with E-state index in [1.807, 2.05) is 0 Å². The van der Waals surface area contributed by atoms with E-state index in [4.69, 9.17) is 10.8 Å². The molecule has 2 nitrogen and oxygen atoms in total. The summed E-state index contributed by atoms with van der Waals surface area (Å²) < 4.78 is 12.4. The average molecular weight is 206 g/mol. The van der Waals surface area contributed by atoms with Crippen molar-refractivity contribution >= 4 is 12.4 Å². The van der Waals surface area contributed by atoms with Crippen LogP contribution >= 0.6 is 12.4 Å². The van der Waals surface area contributed by atoms with Crippen LogP contribution in [0.4, 0.5) is 4.39 Å². The number of aliphatic hydroxyl groups is 1. The highest BCUT2D eigenvalue weighted by atomic mass is 35.5. The lowest BCUT2D eigenvalue weighted by Crippen LogP contribution is -2.26. The predicted octanol–water partition coefficient (Wildman–Crippen LogP) is 1.11. The molecule has 1 unspecified atom stereocenters. The molecule has 1 aromatic rings. The number of hydrogen-bond acceptors (Lipinski definition) is 2. The first kappa shape index (κ1) is 12.4. The normalized spacial score (nSPS) is 11.9. The molecule has 3 N–H and O–H groups in total. The summed E-state index contributed by atoms with van der Waals surface area (Å²) in [6.45, 7) is -0.0443. The zero-order valence-corrected chi connectivity index (χ0v) is 7.93. The maximum atomic E-state index is 12.4. The Morgan fingerprint density at radius 3 is 2.31 bits per heavy atom. The third kappa shape index (κ3) is 4.22. The van der Waals surface area contributed by atoms with Crippen LogP contribution in [0.2, 0.25) is 0 Å². The maximum absolute atomic E-state index is 12.4. The van der Waals surface area contributed by atoms with Crippen molar-refractivity contribution < 1.29 is 9.50 Å². The number of hydrogen-bond donors (Lipinski definition) is 2. The van der Waals surface area contributed by atoms with E-state index in [1.165, 1.54) is 12.1 Å². The minimum Gasteiger partial charge on any atom is -0.395 e. The maximum Gasteiger partial charge on any atom is 0.123 e. The van der Waals surface area contributed by atoms with Crippen LogP contribution in [0.25, 0.3) is 0 Å². The summed E-state index contributed by atoms with van der Waals surface area (Å²) in [5.74, 6) is -0.253. The second-order valence-electron chi connectivity index (χ2n) is 2.77. The summed E-state index contributed by atoms with van der Waals surface area (Å²) >= 11 is 0. The van der Waals surface area contributed by atoms with Crippen LogP contribution in [0.15, 0.2) is 24.3 Å². The number of halogens is 2. The van der Waals surface area contributed by atoms with Gasteiger partial charge in [0, 0.05) is 6.04 Å². The van der Waals surface area contributed by atoms with E-state index in [-0.39, 0.29) is 30.9 Å². The van der Waals surface area contributed by atoms with Crippen molar-refractivity contribution in [3.05, 3.63) is 35.6 Å². The molecule has 0 bridgehead atoms. The lowest BCUT2D eigenvalue weighted by Gasteiger charge is -2.06. The Morgan fingerprint density at radius 2 is 1.85 bits per heavy atom. The fourth-order valence-corrected chi connectivity index (χ4v) is 0.988. The minimum atomic E-state index is -0.254. The number of benzene rings is 1. The molecular formula is C9H13ClFNO. The van der Waals surface area contributed by atoms with Crippen LogP contribution in [0.1, 0.15) is 5.56 Å². The molecule has 0 aliphatic heterocycles. The fourth-order valence-electron chi connectivity index (χ4n) is 0.988. The van der Waals surface area contributed by atoms with E-state index in [0.29, 0.717) is 6.42 Å². The predicted molar refractivity (Wildman–Crippen MR) is 52.4 cm³/mol. The highest BCUT2D eigenvalue weighted by Crippen LogP contribution is 2.04. The summed E-state index contributed by atoms with van der Waals surface area (Å²) in [7, 11) is 0. The van der Waals surface area contributed by atoms with Crippen LogP contribution in [-0.4, -0.2) is 17.8 Å². The Morgan fingerprint density at radius 1 is 1.31 bits per heavy atom. The molecule has 0 aliphatic carbocycles. The molecule has 0 spiro atoms. The zero-order valence-electron chi connectivity index (χ0n) is 7.11. The third-order valence-corrected chi connectivity index (χ3v) is 1.65. The van der Waals surface area contributed by atoms with Gasteiger partial charge in [-0.1, -0.05) is 12.1 Å². The Bertz CT molecular complexity index is 240. The summed E-state index contributed by atoms with van der Waals surface area (Å²) in [6.07, 6.45) is 0.580. The minimum absolute atomic E-state index is 0. The molecule has 13 heavy (non-hydrogen) atoms. The highest BCUT2D eigenvalue weighted by molar-refractivity contribution is 5.85. The van der Waals surface area contributed by atoms with Crippen LogP contribution in [-0.2, 0) is 6.42 Å². The van der Waals surface area contributed by atoms with E-state index < -0.39 is 0 Å². The lowest BCUT2D eigenvalue weighted by atomic mass is 10.1. The molecule has 0 aromatic heterocycles. The van der Waals surface area contributed by atoms with E-state index in [0.717, 1.165) is 5.56 Å². The van der Waals surface area contributed by atoms with Gasteiger partial charge >= 0.3 is 0 Å². The molecule has 1 aromatic carbocycles. The largest absolute Gasteiger partial charge is 0.395 e. The van der Waals surface area contributed by atoms with Gasteiger partial charge in [-0.2, -0.15) is 0 Å². The molecule has 0 fully saturated rings. The van der Waals surface area contributed by atoms with Crippen molar-refractivity contribution in [1.29, 1.82) is 0 Å². The molecule has 1 atom stereocenters. The average Bonchev–Trinajstić information content (AvgIpc) is 2.09. The molecular weight excluding hydrogens is 193 g/mol. The van der Waals surface area contributed by atoms with Gasteiger partial charge in [0.05, 0.1) is 6.61 Å². The van der Waals surface area contributed by atoms with Crippen molar-refractivity contribution in [2.45, 2.75) is 12.5 Å². The van der Waals surface area contributed by atoms with Crippen molar-refractivity contribution in [3.8, 4) is 0 Å². The number of aliphatic hydroxyl groups excluding tert-OH is 1. The summed E-state index contributed by atoms with van der Waals surface area (Å²) in [6, 6.07) is 5.87. The van der Waals surface area contributed by atoms with E-state index in [2.05, 4.69) is 0 Å². The molecule has 74 valence electrons. The van der Waals surface area contributed by atoms with E-state index in [1.54, 1.807) is 12.1 Å². The molecule has 0 amide bonds. The van der Waals surface area contributed by atoms with Crippen LogP contribution in [0.5, 0.6) is 0 Å². The van der Waals surface area contributed by atoms with Gasteiger partial charge in [0.1, 0.15) is 5.82 Å².